The molecule has 0 saturated carbocycles. The molecule has 1 unspecified atom stereocenters. The SMILES string of the molecule is CC1(CNc2ccc(Cl)cn2)CCCO1. The first kappa shape index (κ1) is 10.7. The summed E-state index contributed by atoms with van der Waals surface area (Å²) in [6, 6.07) is 3.70. The fourth-order valence-corrected chi connectivity index (χ4v) is 1.85. The third kappa shape index (κ3) is 2.83. The van der Waals surface area contributed by atoms with Crippen molar-refractivity contribution in [3.63, 3.8) is 0 Å². The Morgan fingerprint density at radius 2 is 2.47 bits per heavy atom. The first-order chi connectivity index (χ1) is 7.18. The minimum atomic E-state index is -0.0404. The predicted molar refractivity (Wildman–Crippen MR) is 61.3 cm³/mol. The lowest BCUT2D eigenvalue weighted by Gasteiger charge is -2.23. The lowest BCUT2D eigenvalue weighted by atomic mass is 10.0. The van der Waals surface area contributed by atoms with Gasteiger partial charge in [-0.25, -0.2) is 4.98 Å². The molecule has 1 N–H and O–H groups in total. The van der Waals surface area contributed by atoms with Gasteiger partial charge in [-0.1, -0.05) is 11.6 Å². The van der Waals surface area contributed by atoms with Gasteiger partial charge in [-0.3, -0.25) is 0 Å². The van der Waals surface area contributed by atoms with E-state index in [-0.39, 0.29) is 5.60 Å². The van der Waals surface area contributed by atoms with Crippen LogP contribution in [0.5, 0.6) is 0 Å². The van der Waals surface area contributed by atoms with Crippen molar-refractivity contribution in [2.45, 2.75) is 25.4 Å². The molecule has 1 atom stereocenters. The molecule has 82 valence electrons. The smallest absolute Gasteiger partial charge is 0.126 e. The molecule has 3 nitrogen and oxygen atoms in total. The second kappa shape index (κ2) is 4.37. The van der Waals surface area contributed by atoms with Crippen LogP contribution in [-0.2, 0) is 4.74 Å². The van der Waals surface area contributed by atoms with Crippen LogP contribution in [0.15, 0.2) is 18.3 Å². The van der Waals surface area contributed by atoms with Gasteiger partial charge in [0.2, 0.25) is 0 Å². The van der Waals surface area contributed by atoms with E-state index in [1.807, 2.05) is 12.1 Å². The van der Waals surface area contributed by atoms with E-state index < -0.39 is 0 Å². The Morgan fingerprint density at radius 3 is 3.07 bits per heavy atom. The summed E-state index contributed by atoms with van der Waals surface area (Å²) >= 11 is 5.75. The highest BCUT2D eigenvalue weighted by Crippen LogP contribution is 2.25. The molecule has 1 fully saturated rings. The number of aromatic nitrogens is 1. The van der Waals surface area contributed by atoms with E-state index >= 15 is 0 Å². The molecule has 0 bridgehead atoms. The largest absolute Gasteiger partial charge is 0.373 e. The Hall–Kier alpha value is -0.800. The molecular weight excluding hydrogens is 212 g/mol. The number of halogens is 1. The maximum absolute atomic E-state index is 5.75. The van der Waals surface area contributed by atoms with Crippen LogP contribution in [0.4, 0.5) is 5.82 Å². The molecule has 0 spiro atoms. The van der Waals surface area contributed by atoms with Crippen LogP contribution in [0, 0.1) is 0 Å². The fourth-order valence-electron chi connectivity index (χ4n) is 1.73. The van der Waals surface area contributed by atoms with E-state index in [1.165, 1.54) is 0 Å². The van der Waals surface area contributed by atoms with Gasteiger partial charge in [-0.2, -0.15) is 0 Å². The first-order valence-electron chi connectivity index (χ1n) is 5.17. The molecule has 0 amide bonds. The predicted octanol–water partition coefficient (Wildman–Crippen LogP) is 2.72. The van der Waals surface area contributed by atoms with E-state index in [0.717, 1.165) is 31.8 Å². The Kier molecular flexibility index (Phi) is 3.12. The summed E-state index contributed by atoms with van der Waals surface area (Å²) in [5.41, 5.74) is -0.0404. The van der Waals surface area contributed by atoms with Crippen molar-refractivity contribution in [2.75, 3.05) is 18.5 Å². The van der Waals surface area contributed by atoms with Gasteiger partial charge in [0.25, 0.3) is 0 Å². The molecule has 0 aliphatic carbocycles. The molecule has 1 aliphatic heterocycles. The number of rotatable bonds is 3. The van der Waals surface area contributed by atoms with E-state index in [4.69, 9.17) is 16.3 Å². The standard InChI is InChI=1S/C11H15ClN2O/c1-11(5-2-6-15-11)8-14-10-4-3-9(12)7-13-10/h3-4,7H,2,5-6,8H2,1H3,(H,13,14). The molecule has 4 heteroatoms. The number of nitrogens with one attached hydrogen (secondary N) is 1. The molecular formula is C11H15ClN2O. The highest BCUT2D eigenvalue weighted by atomic mass is 35.5. The molecule has 1 saturated heterocycles. The Balaban J connectivity index is 1.90. The van der Waals surface area contributed by atoms with E-state index in [9.17, 15) is 0 Å². The van der Waals surface area contributed by atoms with Gasteiger partial charge in [0.05, 0.1) is 10.6 Å². The van der Waals surface area contributed by atoms with Crippen LogP contribution in [0.3, 0.4) is 0 Å². The summed E-state index contributed by atoms with van der Waals surface area (Å²) in [5.74, 6) is 0.844. The number of pyridine rings is 1. The molecule has 15 heavy (non-hydrogen) atoms. The first-order valence-corrected chi connectivity index (χ1v) is 5.55. The number of ether oxygens (including phenoxy) is 1. The van der Waals surface area contributed by atoms with Gasteiger partial charge in [-0.05, 0) is 31.9 Å². The van der Waals surface area contributed by atoms with Gasteiger partial charge >= 0.3 is 0 Å². The van der Waals surface area contributed by atoms with Crippen LogP contribution in [-0.4, -0.2) is 23.7 Å². The molecule has 0 aromatic carbocycles. The summed E-state index contributed by atoms with van der Waals surface area (Å²) in [4.78, 5) is 4.17. The zero-order valence-electron chi connectivity index (χ0n) is 8.79. The van der Waals surface area contributed by atoms with E-state index in [0.29, 0.717) is 5.02 Å². The summed E-state index contributed by atoms with van der Waals surface area (Å²) in [6.07, 6.45) is 3.89. The quantitative estimate of drug-likeness (QED) is 0.861. The minimum Gasteiger partial charge on any atom is -0.373 e. The lowest BCUT2D eigenvalue weighted by Crippen LogP contribution is -2.32. The van der Waals surface area contributed by atoms with Crippen LogP contribution in [0.1, 0.15) is 19.8 Å². The number of nitrogens with zero attached hydrogens (tertiary/aromatic N) is 1. The molecule has 1 aromatic rings. The van der Waals surface area contributed by atoms with Crippen LogP contribution >= 0.6 is 11.6 Å². The summed E-state index contributed by atoms with van der Waals surface area (Å²) in [6.45, 7) is 3.79. The van der Waals surface area contributed by atoms with Crippen molar-refractivity contribution in [1.82, 2.24) is 4.98 Å². The fraction of sp³-hybridized carbons (Fsp3) is 0.545. The monoisotopic (exact) mass is 226 g/mol. The molecule has 1 aromatic heterocycles. The third-order valence-corrected chi connectivity index (χ3v) is 2.89. The second-order valence-corrected chi connectivity index (χ2v) is 4.55. The van der Waals surface area contributed by atoms with Crippen molar-refractivity contribution in [2.24, 2.45) is 0 Å². The Morgan fingerprint density at radius 1 is 1.60 bits per heavy atom. The zero-order valence-corrected chi connectivity index (χ0v) is 9.55. The highest BCUT2D eigenvalue weighted by Gasteiger charge is 2.29. The molecule has 2 heterocycles. The molecule has 2 rings (SSSR count). The molecule has 1 aliphatic rings. The summed E-state index contributed by atoms with van der Waals surface area (Å²) in [7, 11) is 0. The Bertz CT molecular complexity index is 320. The average molecular weight is 227 g/mol. The van der Waals surface area contributed by atoms with Gasteiger partial charge in [-0.15, -0.1) is 0 Å². The Labute approximate surface area is 94.8 Å². The van der Waals surface area contributed by atoms with E-state index in [1.54, 1.807) is 6.20 Å². The normalized spacial score (nSPS) is 25.5. The maximum atomic E-state index is 5.75. The minimum absolute atomic E-state index is 0.0404. The number of anilines is 1. The summed E-state index contributed by atoms with van der Waals surface area (Å²) in [5, 5.41) is 3.92. The number of hydrogen-bond acceptors (Lipinski definition) is 3. The van der Waals surface area contributed by atoms with Gasteiger partial charge < -0.3 is 10.1 Å². The number of hydrogen-bond donors (Lipinski definition) is 1. The lowest BCUT2D eigenvalue weighted by molar-refractivity contribution is 0.0315. The zero-order chi connectivity index (χ0) is 10.7. The van der Waals surface area contributed by atoms with Gasteiger partial charge in [0, 0.05) is 19.3 Å². The van der Waals surface area contributed by atoms with Gasteiger partial charge in [0.15, 0.2) is 0 Å². The van der Waals surface area contributed by atoms with Crippen LogP contribution in [0.25, 0.3) is 0 Å². The third-order valence-electron chi connectivity index (χ3n) is 2.67. The molecule has 0 radical (unpaired) electrons. The summed E-state index contributed by atoms with van der Waals surface area (Å²) < 4.78 is 5.67. The van der Waals surface area contributed by atoms with Gasteiger partial charge in [0.1, 0.15) is 5.82 Å². The van der Waals surface area contributed by atoms with Crippen molar-refractivity contribution in [1.29, 1.82) is 0 Å². The average Bonchev–Trinajstić information content (AvgIpc) is 2.65. The van der Waals surface area contributed by atoms with Crippen molar-refractivity contribution in [3.8, 4) is 0 Å². The van der Waals surface area contributed by atoms with Crippen molar-refractivity contribution in [3.05, 3.63) is 23.4 Å². The second-order valence-electron chi connectivity index (χ2n) is 4.12. The topological polar surface area (TPSA) is 34.2 Å². The van der Waals surface area contributed by atoms with E-state index in [2.05, 4.69) is 17.2 Å². The van der Waals surface area contributed by atoms with Crippen LogP contribution < -0.4 is 5.32 Å². The van der Waals surface area contributed by atoms with Crippen molar-refractivity contribution >= 4 is 17.4 Å². The van der Waals surface area contributed by atoms with Crippen LogP contribution in [0.2, 0.25) is 5.02 Å². The highest BCUT2D eigenvalue weighted by molar-refractivity contribution is 6.30. The maximum Gasteiger partial charge on any atom is 0.126 e. The van der Waals surface area contributed by atoms with Crippen molar-refractivity contribution < 1.29 is 4.74 Å².